The molecule has 0 saturated carbocycles. The minimum atomic E-state index is -0.167. The molecule has 0 aliphatic rings. The van der Waals surface area contributed by atoms with E-state index in [0.29, 0.717) is 6.04 Å². The summed E-state index contributed by atoms with van der Waals surface area (Å²) in [6.45, 7) is 6.58. The van der Waals surface area contributed by atoms with Crippen molar-refractivity contribution in [3.05, 3.63) is 10.5 Å². The molecule has 0 aliphatic carbocycles. The molecule has 1 aromatic rings. The molecule has 0 aromatic carbocycles. The van der Waals surface area contributed by atoms with Crippen LogP contribution in [0.3, 0.4) is 0 Å². The maximum absolute atomic E-state index is 11.2. The van der Waals surface area contributed by atoms with Gasteiger partial charge in [0.1, 0.15) is 0 Å². The lowest BCUT2D eigenvalue weighted by Crippen LogP contribution is -2.40. The summed E-state index contributed by atoms with van der Waals surface area (Å²) >= 11 is 1.59. The van der Waals surface area contributed by atoms with Crippen molar-refractivity contribution < 1.29 is 0 Å². The number of aromatic nitrogens is 3. The van der Waals surface area contributed by atoms with Gasteiger partial charge in [0, 0.05) is 18.8 Å². The van der Waals surface area contributed by atoms with Crippen LogP contribution in [-0.2, 0) is 7.05 Å². The molecule has 92 valence electrons. The summed E-state index contributed by atoms with van der Waals surface area (Å²) in [7, 11) is 3.68. The molecular weight excluding hydrogens is 224 g/mol. The summed E-state index contributed by atoms with van der Waals surface area (Å²) in [6.07, 6.45) is 0. The molecule has 0 amide bonds. The molecule has 0 bridgehead atoms. The predicted octanol–water partition coefficient (Wildman–Crippen LogP) is 0.835. The molecule has 2 N–H and O–H groups in total. The number of thioether (sulfide) groups is 1. The quantitative estimate of drug-likeness (QED) is 0.770. The highest BCUT2D eigenvalue weighted by atomic mass is 32.2. The SMILES string of the molecule is CNC(CSc1n[nH]c(=O)n1C)C(C)(C)C. The van der Waals surface area contributed by atoms with Gasteiger partial charge < -0.3 is 5.32 Å². The van der Waals surface area contributed by atoms with Crippen LogP contribution in [-0.4, -0.2) is 33.6 Å². The second-order valence-electron chi connectivity index (χ2n) is 4.89. The zero-order valence-corrected chi connectivity index (χ0v) is 11.3. The third-order valence-electron chi connectivity index (χ3n) is 2.61. The summed E-state index contributed by atoms with van der Waals surface area (Å²) < 4.78 is 1.53. The maximum atomic E-state index is 11.2. The molecule has 0 aliphatic heterocycles. The van der Waals surface area contributed by atoms with Crippen LogP contribution in [0.15, 0.2) is 9.95 Å². The Hall–Kier alpha value is -0.750. The molecule has 1 rings (SSSR count). The van der Waals surface area contributed by atoms with Crippen LogP contribution in [0, 0.1) is 5.41 Å². The maximum Gasteiger partial charge on any atom is 0.343 e. The van der Waals surface area contributed by atoms with E-state index in [9.17, 15) is 4.79 Å². The Labute approximate surface area is 100 Å². The van der Waals surface area contributed by atoms with Crippen LogP contribution in [0.1, 0.15) is 20.8 Å². The Bertz CT molecular complexity index is 390. The Morgan fingerprint density at radius 2 is 2.19 bits per heavy atom. The molecule has 1 heterocycles. The fourth-order valence-electron chi connectivity index (χ4n) is 1.39. The van der Waals surface area contributed by atoms with Crippen molar-refractivity contribution >= 4 is 11.8 Å². The largest absolute Gasteiger partial charge is 0.343 e. The summed E-state index contributed by atoms with van der Waals surface area (Å²) in [5, 5.41) is 10.4. The van der Waals surface area contributed by atoms with E-state index in [-0.39, 0.29) is 11.1 Å². The van der Waals surface area contributed by atoms with E-state index in [4.69, 9.17) is 0 Å². The first-order valence-corrected chi connectivity index (χ1v) is 6.26. The van der Waals surface area contributed by atoms with Gasteiger partial charge in [-0.25, -0.2) is 9.89 Å². The first-order valence-electron chi connectivity index (χ1n) is 5.27. The Balaban J connectivity index is 2.63. The fraction of sp³-hybridized carbons (Fsp3) is 0.800. The normalized spacial score (nSPS) is 14.1. The molecule has 1 atom stereocenters. The number of nitrogens with zero attached hydrogens (tertiary/aromatic N) is 2. The van der Waals surface area contributed by atoms with Crippen molar-refractivity contribution in [3.8, 4) is 0 Å². The Kier molecular flexibility index (Phi) is 4.21. The van der Waals surface area contributed by atoms with Crippen molar-refractivity contribution in [3.63, 3.8) is 0 Å². The highest BCUT2D eigenvalue weighted by Crippen LogP contribution is 2.24. The zero-order valence-electron chi connectivity index (χ0n) is 10.5. The van der Waals surface area contributed by atoms with Gasteiger partial charge in [-0.2, -0.15) is 0 Å². The molecule has 1 unspecified atom stereocenters. The summed E-state index contributed by atoms with van der Waals surface area (Å²) in [4.78, 5) is 11.2. The fourth-order valence-corrected chi connectivity index (χ4v) is 2.75. The molecular formula is C10H20N4OS. The standard InChI is InChI=1S/C10H20N4OS/c1-10(2,3)7(11-4)6-16-9-13-12-8(15)14(9)5/h7,11H,6H2,1-5H3,(H,12,15). The van der Waals surface area contributed by atoms with Crippen LogP contribution >= 0.6 is 11.8 Å². The van der Waals surface area contributed by atoms with Crippen molar-refractivity contribution in [2.75, 3.05) is 12.8 Å². The molecule has 16 heavy (non-hydrogen) atoms. The van der Waals surface area contributed by atoms with E-state index in [2.05, 4.69) is 36.3 Å². The van der Waals surface area contributed by atoms with E-state index in [1.54, 1.807) is 18.8 Å². The van der Waals surface area contributed by atoms with E-state index in [1.165, 1.54) is 4.57 Å². The average Bonchev–Trinajstić information content (AvgIpc) is 2.48. The third-order valence-corrected chi connectivity index (χ3v) is 3.74. The predicted molar refractivity (Wildman–Crippen MR) is 66.9 cm³/mol. The number of H-pyrrole nitrogens is 1. The number of hydrogen-bond donors (Lipinski definition) is 2. The van der Waals surface area contributed by atoms with Gasteiger partial charge in [-0.3, -0.25) is 4.57 Å². The summed E-state index contributed by atoms with van der Waals surface area (Å²) in [5.41, 5.74) is 0.0240. The summed E-state index contributed by atoms with van der Waals surface area (Å²) in [6, 6.07) is 0.379. The van der Waals surface area contributed by atoms with E-state index < -0.39 is 0 Å². The molecule has 6 heteroatoms. The van der Waals surface area contributed by atoms with Gasteiger partial charge in [-0.05, 0) is 12.5 Å². The number of hydrogen-bond acceptors (Lipinski definition) is 4. The van der Waals surface area contributed by atoms with Crippen LogP contribution in [0.5, 0.6) is 0 Å². The molecule has 5 nitrogen and oxygen atoms in total. The van der Waals surface area contributed by atoms with Crippen molar-refractivity contribution in [1.29, 1.82) is 0 Å². The third kappa shape index (κ3) is 3.12. The lowest BCUT2D eigenvalue weighted by molar-refractivity contribution is 0.305. The molecule has 0 fully saturated rings. The summed E-state index contributed by atoms with van der Waals surface area (Å²) in [5.74, 6) is 0.887. The number of nitrogens with one attached hydrogen (secondary N) is 2. The molecule has 1 aromatic heterocycles. The van der Waals surface area contributed by atoms with Gasteiger partial charge in [0.2, 0.25) is 0 Å². The monoisotopic (exact) mass is 244 g/mol. The van der Waals surface area contributed by atoms with Gasteiger partial charge >= 0.3 is 5.69 Å². The van der Waals surface area contributed by atoms with Gasteiger partial charge in [-0.15, -0.1) is 5.10 Å². The van der Waals surface area contributed by atoms with Crippen molar-refractivity contribution in [2.24, 2.45) is 12.5 Å². The van der Waals surface area contributed by atoms with Gasteiger partial charge in [0.25, 0.3) is 0 Å². The molecule has 0 radical (unpaired) electrons. The van der Waals surface area contributed by atoms with Crippen LogP contribution in [0.25, 0.3) is 0 Å². The van der Waals surface area contributed by atoms with Crippen LogP contribution in [0.4, 0.5) is 0 Å². The minimum Gasteiger partial charge on any atom is -0.316 e. The molecule has 0 spiro atoms. The Morgan fingerprint density at radius 1 is 1.56 bits per heavy atom. The van der Waals surface area contributed by atoms with E-state index >= 15 is 0 Å². The van der Waals surface area contributed by atoms with E-state index in [1.807, 2.05) is 7.05 Å². The van der Waals surface area contributed by atoms with Crippen molar-refractivity contribution in [2.45, 2.75) is 32.0 Å². The van der Waals surface area contributed by atoms with Gasteiger partial charge in [0.15, 0.2) is 5.16 Å². The number of aromatic amines is 1. The van der Waals surface area contributed by atoms with Crippen LogP contribution in [0.2, 0.25) is 0 Å². The van der Waals surface area contributed by atoms with Crippen molar-refractivity contribution in [1.82, 2.24) is 20.1 Å². The topological polar surface area (TPSA) is 62.7 Å². The van der Waals surface area contributed by atoms with E-state index in [0.717, 1.165) is 10.9 Å². The van der Waals surface area contributed by atoms with Gasteiger partial charge in [0.05, 0.1) is 0 Å². The van der Waals surface area contributed by atoms with Crippen LogP contribution < -0.4 is 11.0 Å². The molecule has 0 saturated heterocycles. The lowest BCUT2D eigenvalue weighted by atomic mass is 9.88. The zero-order chi connectivity index (χ0) is 12.3. The lowest BCUT2D eigenvalue weighted by Gasteiger charge is -2.29. The van der Waals surface area contributed by atoms with Gasteiger partial charge in [-0.1, -0.05) is 32.5 Å². The highest BCUT2D eigenvalue weighted by Gasteiger charge is 2.23. The second-order valence-corrected chi connectivity index (χ2v) is 5.88. The first kappa shape index (κ1) is 13.3. The minimum absolute atomic E-state index is 0.167. The highest BCUT2D eigenvalue weighted by molar-refractivity contribution is 7.99. The second kappa shape index (κ2) is 5.05. The Morgan fingerprint density at radius 3 is 2.56 bits per heavy atom. The number of rotatable bonds is 4. The smallest absolute Gasteiger partial charge is 0.316 e. The first-order chi connectivity index (χ1) is 7.36. The average molecular weight is 244 g/mol.